The molecule has 20 heavy (non-hydrogen) atoms. The molecule has 1 aromatic rings. The van der Waals surface area contributed by atoms with E-state index in [9.17, 15) is 9.59 Å². The molecule has 4 nitrogen and oxygen atoms in total. The lowest BCUT2D eigenvalue weighted by Crippen LogP contribution is -2.40. The van der Waals surface area contributed by atoms with E-state index in [1.807, 2.05) is 45.0 Å². The number of aliphatic carboxylic acids is 1. The Morgan fingerprint density at radius 1 is 1.35 bits per heavy atom. The summed E-state index contributed by atoms with van der Waals surface area (Å²) in [6, 6.07) is 6.88. The molecular formula is C16H21NO3. The molecule has 0 fully saturated rings. The molecule has 0 bridgehead atoms. The highest BCUT2D eigenvalue weighted by Crippen LogP contribution is 2.07. The normalized spacial score (nSPS) is 12.6. The van der Waals surface area contributed by atoms with Crippen LogP contribution in [0.1, 0.15) is 31.4 Å². The summed E-state index contributed by atoms with van der Waals surface area (Å²) in [5, 5.41) is 11.6. The molecule has 0 aliphatic rings. The highest BCUT2D eigenvalue weighted by atomic mass is 16.4. The third-order valence-electron chi connectivity index (χ3n) is 2.79. The van der Waals surface area contributed by atoms with Gasteiger partial charge in [-0.3, -0.25) is 4.79 Å². The van der Waals surface area contributed by atoms with Crippen molar-refractivity contribution in [1.29, 1.82) is 0 Å². The van der Waals surface area contributed by atoms with E-state index in [0.717, 1.165) is 11.1 Å². The number of rotatable bonds is 6. The van der Waals surface area contributed by atoms with Crippen molar-refractivity contribution in [3.05, 3.63) is 41.5 Å². The summed E-state index contributed by atoms with van der Waals surface area (Å²) in [6.07, 6.45) is 3.46. The van der Waals surface area contributed by atoms with E-state index in [-0.39, 0.29) is 11.8 Å². The van der Waals surface area contributed by atoms with Crippen LogP contribution in [0, 0.1) is 12.8 Å². The number of hydrogen-bond donors (Lipinski definition) is 2. The van der Waals surface area contributed by atoms with Crippen LogP contribution in [0.25, 0.3) is 6.08 Å². The van der Waals surface area contributed by atoms with Crippen LogP contribution in [0.15, 0.2) is 30.3 Å². The van der Waals surface area contributed by atoms with Gasteiger partial charge in [-0.1, -0.05) is 43.7 Å². The van der Waals surface area contributed by atoms with Gasteiger partial charge in [-0.25, -0.2) is 4.79 Å². The molecule has 2 N–H and O–H groups in total. The maximum absolute atomic E-state index is 11.7. The minimum absolute atomic E-state index is 0.206. The first-order valence-corrected chi connectivity index (χ1v) is 6.66. The Morgan fingerprint density at radius 2 is 2.05 bits per heavy atom. The van der Waals surface area contributed by atoms with E-state index in [4.69, 9.17) is 5.11 Å². The van der Waals surface area contributed by atoms with E-state index < -0.39 is 12.0 Å². The average Bonchev–Trinajstić information content (AvgIpc) is 2.35. The molecule has 1 rings (SSSR count). The first-order valence-electron chi connectivity index (χ1n) is 6.66. The van der Waals surface area contributed by atoms with Crippen molar-refractivity contribution in [3.8, 4) is 0 Å². The van der Waals surface area contributed by atoms with Gasteiger partial charge in [0, 0.05) is 6.08 Å². The lowest BCUT2D eigenvalue weighted by molar-refractivity contribution is -0.141. The Morgan fingerprint density at radius 3 is 2.60 bits per heavy atom. The van der Waals surface area contributed by atoms with Crippen LogP contribution in [0.5, 0.6) is 0 Å². The molecule has 0 saturated heterocycles. The number of benzene rings is 1. The monoisotopic (exact) mass is 275 g/mol. The van der Waals surface area contributed by atoms with Crippen molar-refractivity contribution in [3.63, 3.8) is 0 Å². The summed E-state index contributed by atoms with van der Waals surface area (Å²) in [4.78, 5) is 22.8. The van der Waals surface area contributed by atoms with Gasteiger partial charge in [0.25, 0.3) is 0 Å². The van der Waals surface area contributed by atoms with Crippen molar-refractivity contribution >= 4 is 18.0 Å². The Kier molecular flexibility index (Phi) is 5.97. The number of nitrogens with one attached hydrogen (secondary N) is 1. The topological polar surface area (TPSA) is 66.4 Å². The van der Waals surface area contributed by atoms with Crippen LogP contribution in [-0.4, -0.2) is 23.0 Å². The second-order valence-corrected chi connectivity index (χ2v) is 5.28. The largest absolute Gasteiger partial charge is 0.480 e. The molecule has 0 aliphatic heterocycles. The summed E-state index contributed by atoms with van der Waals surface area (Å²) in [5.41, 5.74) is 2.02. The van der Waals surface area contributed by atoms with Gasteiger partial charge in [-0.15, -0.1) is 0 Å². The van der Waals surface area contributed by atoms with Crippen LogP contribution >= 0.6 is 0 Å². The third kappa shape index (κ3) is 5.69. The van der Waals surface area contributed by atoms with Crippen molar-refractivity contribution < 1.29 is 14.7 Å². The Bertz CT molecular complexity index is 506. The number of carbonyl (C=O) groups excluding carboxylic acids is 1. The van der Waals surface area contributed by atoms with Crippen molar-refractivity contribution in [2.75, 3.05) is 0 Å². The molecule has 0 heterocycles. The fourth-order valence-electron chi connectivity index (χ4n) is 1.86. The van der Waals surface area contributed by atoms with E-state index in [1.165, 1.54) is 6.08 Å². The Balaban J connectivity index is 2.63. The van der Waals surface area contributed by atoms with Crippen LogP contribution in [0.2, 0.25) is 0 Å². The van der Waals surface area contributed by atoms with Crippen LogP contribution in [0.3, 0.4) is 0 Å². The maximum Gasteiger partial charge on any atom is 0.326 e. The molecule has 108 valence electrons. The van der Waals surface area contributed by atoms with Crippen LogP contribution in [0.4, 0.5) is 0 Å². The number of amides is 1. The molecule has 1 amide bonds. The third-order valence-corrected chi connectivity index (χ3v) is 2.79. The van der Waals surface area contributed by atoms with E-state index in [0.29, 0.717) is 6.42 Å². The van der Waals surface area contributed by atoms with Gasteiger partial charge in [-0.2, -0.15) is 0 Å². The second-order valence-electron chi connectivity index (χ2n) is 5.28. The Labute approximate surface area is 119 Å². The Hall–Kier alpha value is -2.10. The van der Waals surface area contributed by atoms with Crippen LogP contribution in [-0.2, 0) is 9.59 Å². The van der Waals surface area contributed by atoms with Crippen molar-refractivity contribution in [2.45, 2.75) is 33.2 Å². The lowest BCUT2D eigenvalue weighted by Gasteiger charge is -2.15. The van der Waals surface area contributed by atoms with Gasteiger partial charge in [0.1, 0.15) is 6.04 Å². The molecule has 0 unspecified atom stereocenters. The molecule has 1 aromatic carbocycles. The van der Waals surface area contributed by atoms with Gasteiger partial charge >= 0.3 is 5.97 Å². The van der Waals surface area contributed by atoms with Crippen molar-refractivity contribution in [1.82, 2.24) is 5.32 Å². The SMILES string of the molecule is Cc1cccc(/C=C/C(=O)N[C@@H](CC(C)C)C(=O)O)c1. The number of carbonyl (C=O) groups is 2. The summed E-state index contributed by atoms with van der Waals surface area (Å²) in [6.45, 7) is 5.82. The number of carboxylic acids is 1. The average molecular weight is 275 g/mol. The first-order chi connectivity index (χ1) is 9.38. The van der Waals surface area contributed by atoms with Gasteiger partial charge in [0.2, 0.25) is 5.91 Å². The van der Waals surface area contributed by atoms with E-state index >= 15 is 0 Å². The van der Waals surface area contributed by atoms with Crippen LogP contribution < -0.4 is 5.32 Å². The van der Waals surface area contributed by atoms with Gasteiger partial charge in [-0.05, 0) is 30.9 Å². The zero-order valence-corrected chi connectivity index (χ0v) is 12.1. The van der Waals surface area contributed by atoms with Gasteiger partial charge in [0.15, 0.2) is 0 Å². The van der Waals surface area contributed by atoms with E-state index in [1.54, 1.807) is 6.08 Å². The quantitative estimate of drug-likeness (QED) is 0.784. The molecule has 0 aliphatic carbocycles. The summed E-state index contributed by atoms with van der Waals surface area (Å²) in [7, 11) is 0. The predicted molar refractivity (Wildman–Crippen MR) is 79.2 cm³/mol. The van der Waals surface area contributed by atoms with Gasteiger partial charge in [0.05, 0.1) is 0 Å². The predicted octanol–water partition coefficient (Wildman–Crippen LogP) is 2.62. The molecule has 0 radical (unpaired) electrons. The standard InChI is InChI=1S/C16H21NO3/c1-11(2)9-14(16(19)20)17-15(18)8-7-13-6-4-5-12(3)10-13/h4-8,10-11,14H,9H2,1-3H3,(H,17,18)(H,19,20)/b8-7+/t14-/m0/s1. The summed E-state index contributed by atoms with van der Waals surface area (Å²) < 4.78 is 0. The minimum Gasteiger partial charge on any atom is -0.480 e. The zero-order valence-electron chi connectivity index (χ0n) is 12.1. The molecule has 4 heteroatoms. The van der Waals surface area contributed by atoms with E-state index in [2.05, 4.69) is 5.32 Å². The fraction of sp³-hybridized carbons (Fsp3) is 0.375. The summed E-state index contributed by atoms with van der Waals surface area (Å²) in [5.74, 6) is -1.19. The lowest BCUT2D eigenvalue weighted by atomic mass is 10.0. The molecular weight excluding hydrogens is 254 g/mol. The number of aryl methyl sites for hydroxylation is 1. The highest BCUT2D eigenvalue weighted by Gasteiger charge is 2.19. The molecule has 0 spiro atoms. The molecule has 0 aromatic heterocycles. The zero-order chi connectivity index (χ0) is 15.1. The van der Waals surface area contributed by atoms with Crippen molar-refractivity contribution in [2.24, 2.45) is 5.92 Å². The maximum atomic E-state index is 11.7. The highest BCUT2D eigenvalue weighted by molar-refractivity contribution is 5.94. The summed E-state index contributed by atoms with van der Waals surface area (Å²) >= 11 is 0. The number of hydrogen-bond acceptors (Lipinski definition) is 2. The first kappa shape index (κ1) is 16.0. The second kappa shape index (κ2) is 7.48. The molecule has 1 atom stereocenters. The number of carboxylic acid groups (broad SMARTS) is 1. The van der Waals surface area contributed by atoms with Gasteiger partial charge < -0.3 is 10.4 Å². The minimum atomic E-state index is -1.00. The fourth-order valence-corrected chi connectivity index (χ4v) is 1.86. The molecule has 0 saturated carbocycles. The smallest absolute Gasteiger partial charge is 0.326 e.